The van der Waals surface area contributed by atoms with Crippen molar-refractivity contribution in [3.8, 4) is 11.3 Å². The number of aliphatic imine (C=N–C) groups is 1. The highest BCUT2D eigenvalue weighted by Gasteiger charge is 2.10. The Labute approximate surface area is 181 Å². The maximum atomic E-state index is 12.7. The first-order valence-electron chi connectivity index (χ1n) is 9.93. The van der Waals surface area contributed by atoms with Gasteiger partial charge in [0.05, 0.1) is 11.4 Å². The number of hydrogen-bond acceptors (Lipinski definition) is 3. The molecule has 4 rings (SSSR count). The molecule has 3 aromatic carbocycles. The van der Waals surface area contributed by atoms with E-state index in [0.717, 1.165) is 28.1 Å². The van der Waals surface area contributed by atoms with Crippen LogP contribution in [0.1, 0.15) is 21.5 Å². The molecular weight excluding hydrogens is 384 g/mol. The third-order valence-electron chi connectivity index (χ3n) is 4.88. The molecule has 0 unspecified atom stereocenters. The predicted molar refractivity (Wildman–Crippen MR) is 126 cm³/mol. The van der Waals surface area contributed by atoms with Crippen LogP contribution in [0, 0.1) is 6.92 Å². The van der Waals surface area contributed by atoms with Crippen LogP contribution in [0.5, 0.6) is 0 Å². The first-order valence-corrected chi connectivity index (χ1v) is 9.93. The summed E-state index contributed by atoms with van der Waals surface area (Å²) in [7, 11) is 0. The van der Waals surface area contributed by atoms with Gasteiger partial charge in [-0.15, -0.1) is 0 Å². The van der Waals surface area contributed by atoms with Crippen LogP contribution in [0.15, 0.2) is 102 Å². The summed E-state index contributed by atoms with van der Waals surface area (Å²) in [6.07, 6.45) is 1.76. The molecule has 0 atom stereocenters. The number of para-hydroxylation sites is 1. The smallest absolute Gasteiger partial charge is 0.255 e. The number of amides is 1. The van der Waals surface area contributed by atoms with Gasteiger partial charge in [-0.2, -0.15) is 0 Å². The molecule has 0 saturated carbocycles. The van der Waals surface area contributed by atoms with Gasteiger partial charge < -0.3 is 11.1 Å². The fraction of sp³-hybridized carbons (Fsp3) is 0.0385. The number of nitrogens with zero attached hydrogens (tertiary/aromatic N) is 2. The zero-order valence-electron chi connectivity index (χ0n) is 17.1. The molecule has 152 valence electrons. The lowest BCUT2D eigenvalue weighted by atomic mass is 10.0. The van der Waals surface area contributed by atoms with Gasteiger partial charge in [-0.25, -0.2) is 4.99 Å². The van der Waals surface area contributed by atoms with E-state index in [0.29, 0.717) is 17.1 Å². The van der Waals surface area contributed by atoms with Crippen molar-refractivity contribution >= 4 is 23.1 Å². The van der Waals surface area contributed by atoms with E-state index in [1.54, 1.807) is 30.5 Å². The second-order valence-corrected chi connectivity index (χ2v) is 7.11. The van der Waals surface area contributed by atoms with Crippen molar-refractivity contribution < 1.29 is 4.79 Å². The van der Waals surface area contributed by atoms with Crippen molar-refractivity contribution in [1.82, 2.24) is 4.98 Å². The van der Waals surface area contributed by atoms with Crippen LogP contribution in [-0.4, -0.2) is 16.7 Å². The van der Waals surface area contributed by atoms with Crippen LogP contribution in [0.2, 0.25) is 0 Å². The zero-order chi connectivity index (χ0) is 21.6. The molecule has 0 aliphatic carbocycles. The van der Waals surface area contributed by atoms with E-state index >= 15 is 0 Å². The molecule has 4 aromatic rings. The zero-order valence-corrected chi connectivity index (χ0v) is 17.1. The number of hydrogen-bond donors (Lipinski definition) is 2. The Kier molecular flexibility index (Phi) is 5.85. The molecule has 0 radical (unpaired) electrons. The van der Waals surface area contributed by atoms with Crippen molar-refractivity contribution in [3.05, 3.63) is 114 Å². The number of aryl methyl sites for hydroxylation is 1. The largest absolute Gasteiger partial charge is 0.383 e. The molecule has 5 heteroatoms. The number of carbonyl (C=O) groups is 1. The molecule has 0 aliphatic rings. The Hall–Kier alpha value is -4.25. The van der Waals surface area contributed by atoms with Gasteiger partial charge in [0, 0.05) is 28.6 Å². The lowest BCUT2D eigenvalue weighted by molar-refractivity contribution is 0.102. The summed E-state index contributed by atoms with van der Waals surface area (Å²) in [4.78, 5) is 21.5. The van der Waals surface area contributed by atoms with E-state index < -0.39 is 0 Å². The van der Waals surface area contributed by atoms with Gasteiger partial charge in [-0.1, -0.05) is 42.5 Å². The highest BCUT2D eigenvalue weighted by atomic mass is 16.1. The monoisotopic (exact) mass is 406 g/mol. The minimum absolute atomic E-state index is 0.194. The van der Waals surface area contributed by atoms with Crippen LogP contribution in [0.25, 0.3) is 11.3 Å². The highest BCUT2D eigenvalue weighted by Crippen LogP contribution is 2.25. The van der Waals surface area contributed by atoms with Gasteiger partial charge in [0.1, 0.15) is 5.84 Å². The fourth-order valence-electron chi connectivity index (χ4n) is 3.20. The number of amidine groups is 1. The third kappa shape index (κ3) is 4.85. The maximum absolute atomic E-state index is 12.7. The van der Waals surface area contributed by atoms with Crippen molar-refractivity contribution in [2.24, 2.45) is 10.7 Å². The lowest BCUT2D eigenvalue weighted by Crippen LogP contribution is -2.15. The first-order chi connectivity index (χ1) is 15.1. The number of nitrogens with two attached hydrogens (primary N) is 1. The second-order valence-electron chi connectivity index (χ2n) is 7.11. The first kappa shape index (κ1) is 20.0. The van der Waals surface area contributed by atoms with Crippen molar-refractivity contribution in [2.45, 2.75) is 6.92 Å². The Morgan fingerprint density at radius 3 is 2.29 bits per heavy atom. The van der Waals surface area contributed by atoms with E-state index in [2.05, 4.69) is 15.3 Å². The Morgan fingerprint density at radius 2 is 1.58 bits per heavy atom. The predicted octanol–water partition coefficient (Wildman–Crippen LogP) is 5.35. The lowest BCUT2D eigenvalue weighted by Gasteiger charge is -2.10. The summed E-state index contributed by atoms with van der Waals surface area (Å²) < 4.78 is 0. The maximum Gasteiger partial charge on any atom is 0.255 e. The third-order valence-corrected chi connectivity index (χ3v) is 4.88. The SMILES string of the molecule is Cc1ccc(NC(=O)c2ccc(C(N)=Nc3ccccc3)cc2)cc1-c1ccccn1. The molecule has 0 aliphatic heterocycles. The molecule has 0 saturated heterocycles. The topological polar surface area (TPSA) is 80.4 Å². The van der Waals surface area contributed by atoms with Crippen molar-refractivity contribution in [3.63, 3.8) is 0 Å². The summed E-state index contributed by atoms with van der Waals surface area (Å²) in [5.41, 5.74) is 11.8. The molecule has 0 fully saturated rings. The number of nitrogens with one attached hydrogen (secondary N) is 1. The van der Waals surface area contributed by atoms with Crippen LogP contribution in [0.3, 0.4) is 0 Å². The van der Waals surface area contributed by atoms with Gasteiger partial charge in [-0.05, 0) is 61.0 Å². The van der Waals surface area contributed by atoms with E-state index in [-0.39, 0.29) is 5.91 Å². The molecule has 0 bridgehead atoms. The Morgan fingerprint density at radius 1 is 0.871 bits per heavy atom. The number of rotatable bonds is 5. The minimum atomic E-state index is -0.194. The van der Waals surface area contributed by atoms with Crippen molar-refractivity contribution in [2.75, 3.05) is 5.32 Å². The molecule has 1 amide bonds. The molecule has 31 heavy (non-hydrogen) atoms. The van der Waals surface area contributed by atoms with Crippen LogP contribution < -0.4 is 11.1 Å². The molecule has 3 N–H and O–H groups in total. The van der Waals surface area contributed by atoms with E-state index in [1.165, 1.54) is 0 Å². The standard InChI is InChI=1S/C26H22N4O/c1-18-10-15-22(17-23(18)24-9-5-6-16-28-24)30-26(31)20-13-11-19(12-14-20)25(27)29-21-7-3-2-4-8-21/h2-17H,1H3,(H2,27,29)(H,30,31). The number of benzene rings is 3. The van der Waals surface area contributed by atoms with E-state index in [9.17, 15) is 4.79 Å². The number of anilines is 1. The quantitative estimate of drug-likeness (QED) is 0.346. The van der Waals surface area contributed by atoms with Gasteiger partial charge in [0.15, 0.2) is 0 Å². The van der Waals surface area contributed by atoms with Gasteiger partial charge >= 0.3 is 0 Å². The van der Waals surface area contributed by atoms with E-state index in [1.807, 2.05) is 73.7 Å². The molecular formula is C26H22N4O. The number of aromatic nitrogens is 1. The number of carbonyl (C=O) groups excluding carboxylic acids is 1. The van der Waals surface area contributed by atoms with Gasteiger partial charge in [0.2, 0.25) is 0 Å². The normalized spacial score (nSPS) is 11.2. The van der Waals surface area contributed by atoms with Gasteiger partial charge in [-0.3, -0.25) is 9.78 Å². The average Bonchev–Trinajstić information content (AvgIpc) is 2.81. The molecule has 1 heterocycles. The van der Waals surface area contributed by atoms with Gasteiger partial charge in [0.25, 0.3) is 5.91 Å². The van der Waals surface area contributed by atoms with Crippen LogP contribution >= 0.6 is 0 Å². The second kappa shape index (κ2) is 9.05. The fourth-order valence-corrected chi connectivity index (χ4v) is 3.20. The molecule has 5 nitrogen and oxygen atoms in total. The summed E-state index contributed by atoms with van der Waals surface area (Å²) in [6.45, 7) is 2.02. The van der Waals surface area contributed by atoms with Crippen molar-refractivity contribution in [1.29, 1.82) is 0 Å². The Balaban J connectivity index is 1.50. The minimum Gasteiger partial charge on any atom is -0.383 e. The van der Waals surface area contributed by atoms with Crippen LogP contribution in [0.4, 0.5) is 11.4 Å². The van der Waals surface area contributed by atoms with E-state index in [4.69, 9.17) is 5.73 Å². The Bertz CT molecular complexity index is 1220. The summed E-state index contributed by atoms with van der Waals surface area (Å²) in [6, 6.07) is 28.2. The summed E-state index contributed by atoms with van der Waals surface area (Å²) in [5, 5.41) is 2.96. The molecule has 1 aromatic heterocycles. The summed E-state index contributed by atoms with van der Waals surface area (Å²) in [5.74, 6) is 0.206. The van der Waals surface area contributed by atoms with Crippen LogP contribution in [-0.2, 0) is 0 Å². The average molecular weight is 406 g/mol. The summed E-state index contributed by atoms with van der Waals surface area (Å²) >= 11 is 0. The number of pyridine rings is 1. The molecule has 0 spiro atoms. The highest BCUT2D eigenvalue weighted by molar-refractivity contribution is 6.06.